The lowest BCUT2D eigenvalue weighted by molar-refractivity contribution is 0.355. The molecule has 0 fully saturated rings. The van der Waals surface area contributed by atoms with Crippen molar-refractivity contribution in [2.45, 2.75) is 13.8 Å². The molecule has 0 saturated heterocycles. The first-order valence-corrected chi connectivity index (χ1v) is 7.62. The molecular weight excluding hydrogens is 306 g/mol. The molecule has 1 N–H and O–H groups in total. The van der Waals surface area contributed by atoms with E-state index in [2.05, 4.69) is 24.1 Å². The van der Waals surface area contributed by atoms with Crippen LogP contribution in [0, 0.1) is 17.2 Å². The molecule has 2 aromatic rings. The van der Waals surface area contributed by atoms with E-state index in [0.717, 1.165) is 5.56 Å². The number of benzene rings is 1. The molecule has 0 radical (unpaired) electrons. The maximum Gasteiger partial charge on any atom is 0.232 e. The highest BCUT2D eigenvalue weighted by Crippen LogP contribution is 2.28. The fourth-order valence-corrected chi connectivity index (χ4v) is 2.02. The Labute approximate surface area is 141 Å². The Kier molecular flexibility index (Phi) is 5.85. The molecule has 1 aromatic carbocycles. The SMILES string of the molecule is COc1ccc(C=Cc2nc(C#N)c(NCC(C)C)o2)cc1OC. The van der Waals surface area contributed by atoms with E-state index in [-0.39, 0.29) is 5.69 Å². The Morgan fingerprint density at radius 2 is 2.00 bits per heavy atom. The number of hydrogen-bond donors (Lipinski definition) is 1. The van der Waals surface area contributed by atoms with Crippen LogP contribution in [0.2, 0.25) is 0 Å². The van der Waals surface area contributed by atoms with Gasteiger partial charge in [-0.3, -0.25) is 0 Å². The predicted octanol–water partition coefficient (Wildman–Crippen LogP) is 3.80. The normalized spacial score (nSPS) is 10.8. The van der Waals surface area contributed by atoms with Gasteiger partial charge in [0.1, 0.15) is 6.07 Å². The molecule has 24 heavy (non-hydrogen) atoms. The van der Waals surface area contributed by atoms with Gasteiger partial charge in [0.25, 0.3) is 0 Å². The minimum atomic E-state index is 0.252. The van der Waals surface area contributed by atoms with Gasteiger partial charge in [-0.25, -0.2) is 0 Å². The summed E-state index contributed by atoms with van der Waals surface area (Å²) in [4.78, 5) is 4.16. The first-order chi connectivity index (χ1) is 11.6. The molecule has 0 aliphatic rings. The fraction of sp³-hybridized carbons (Fsp3) is 0.333. The molecule has 1 aromatic heterocycles. The Balaban J connectivity index is 2.18. The average Bonchev–Trinajstić information content (AvgIpc) is 3.00. The number of hydrogen-bond acceptors (Lipinski definition) is 6. The number of rotatable bonds is 7. The smallest absolute Gasteiger partial charge is 0.232 e. The predicted molar refractivity (Wildman–Crippen MR) is 93.0 cm³/mol. The third-order valence-corrected chi connectivity index (χ3v) is 3.25. The molecule has 0 saturated carbocycles. The zero-order valence-corrected chi connectivity index (χ0v) is 14.3. The van der Waals surface area contributed by atoms with E-state index in [1.54, 1.807) is 20.3 Å². The lowest BCUT2D eigenvalue weighted by Gasteiger charge is -2.07. The van der Waals surface area contributed by atoms with E-state index in [4.69, 9.17) is 19.2 Å². The van der Waals surface area contributed by atoms with E-state index in [0.29, 0.717) is 35.7 Å². The van der Waals surface area contributed by atoms with Gasteiger partial charge in [-0.15, -0.1) is 0 Å². The van der Waals surface area contributed by atoms with Gasteiger partial charge >= 0.3 is 0 Å². The van der Waals surface area contributed by atoms with Crippen LogP contribution in [-0.2, 0) is 0 Å². The third kappa shape index (κ3) is 4.29. The van der Waals surface area contributed by atoms with Crippen LogP contribution in [0.3, 0.4) is 0 Å². The summed E-state index contributed by atoms with van der Waals surface area (Å²) < 4.78 is 16.1. The highest BCUT2D eigenvalue weighted by Gasteiger charge is 2.11. The number of anilines is 1. The van der Waals surface area contributed by atoms with E-state index in [1.807, 2.05) is 30.3 Å². The number of aromatic nitrogens is 1. The summed E-state index contributed by atoms with van der Waals surface area (Å²) in [6, 6.07) is 7.60. The molecule has 0 aliphatic heterocycles. The second kappa shape index (κ2) is 8.06. The summed E-state index contributed by atoms with van der Waals surface area (Å²) in [6.07, 6.45) is 3.55. The molecule has 6 nitrogen and oxygen atoms in total. The van der Waals surface area contributed by atoms with Crippen LogP contribution in [0.5, 0.6) is 11.5 Å². The number of oxazole rings is 1. The Bertz CT molecular complexity index is 757. The number of nitriles is 1. The van der Waals surface area contributed by atoms with Crippen molar-refractivity contribution in [3.8, 4) is 17.6 Å². The van der Waals surface area contributed by atoms with E-state index in [1.165, 1.54) is 0 Å². The molecular formula is C18H21N3O3. The van der Waals surface area contributed by atoms with Crippen LogP contribution >= 0.6 is 0 Å². The molecule has 126 valence electrons. The van der Waals surface area contributed by atoms with Gasteiger partial charge < -0.3 is 19.2 Å². The van der Waals surface area contributed by atoms with Crippen molar-refractivity contribution < 1.29 is 13.9 Å². The molecule has 0 unspecified atom stereocenters. The monoisotopic (exact) mass is 327 g/mol. The van der Waals surface area contributed by atoms with Crippen LogP contribution in [0.15, 0.2) is 22.6 Å². The zero-order valence-electron chi connectivity index (χ0n) is 14.3. The van der Waals surface area contributed by atoms with E-state index < -0.39 is 0 Å². The Hall–Kier alpha value is -2.94. The maximum absolute atomic E-state index is 9.14. The Morgan fingerprint density at radius 1 is 1.25 bits per heavy atom. The minimum Gasteiger partial charge on any atom is -0.493 e. The van der Waals surface area contributed by atoms with Crippen molar-refractivity contribution in [3.05, 3.63) is 35.3 Å². The highest BCUT2D eigenvalue weighted by atomic mass is 16.5. The summed E-state index contributed by atoms with van der Waals surface area (Å²) in [6.45, 7) is 4.86. The molecule has 0 bridgehead atoms. The van der Waals surface area contributed by atoms with Gasteiger partial charge in [-0.05, 0) is 29.7 Å². The van der Waals surface area contributed by atoms with Crippen molar-refractivity contribution in [1.82, 2.24) is 4.98 Å². The van der Waals surface area contributed by atoms with Gasteiger partial charge in [0.15, 0.2) is 11.5 Å². The lowest BCUT2D eigenvalue weighted by atomic mass is 10.2. The quantitative estimate of drug-likeness (QED) is 0.833. The van der Waals surface area contributed by atoms with Crippen molar-refractivity contribution in [3.63, 3.8) is 0 Å². The molecule has 1 heterocycles. The summed E-state index contributed by atoms with van der Waals surface area (Å²) in [7, 11) is 3.18. The second-order valence-corrected chi connectivity index (χ2v) is 5.56. The summed E-state index contributed by atoms with van der Waals surface area (Å²) in [5.74, 6) is 2.51. The minimum absolute atomic E-state index is 0.252. The van der Waals surface area contributed by atoms with Gasteiger partial charge in [-0.2, -0.15) is 10.2 Å². The third-order valence-electron chi connectivity index (χ3n) is 3.25. The van der Waals surface area contributed by atoms with Crippen molar-refractivity contribution in [1.29, 1.82) is 5.26 Å². The highest BCUT2D eigenvalue weighted by molar-refractivity contribution is 5.68. The van der Waals surface area contributed by atoms with Crippen LogP contribution in [-0.4, -0.2) is 25.7 Å². The zero-order chi connectivity index (χ0) is 17.5. The fourth-order valence-electron chi connectivity index (χ4n) is 2.02. The Morgan fingerprint density at radius 3 is 2.62 bits per heavy atom. The summed E-state index contributed by atoms with van der Waals surface area (Å²) >= 11 is 0. The maximum atomic E-state index is 9.14. The van der Waals surface area contributed by atoms with Gasteiger partial charge in [0, 0.05) is 12.6 Å². The first kappa shape index (κ1) is 17.4. The molecule has 0 spiro atoms. The summed E-state index contributed by atoms with van der Waals surface area (Å²) in [5, 5.41) is 12.2. The lowest BCUT2D eigenvalue weighted by Crippen LogP contribution is -2.08. The largest absolute Gasteiger partial charge is 0.493 e. The van der Waals surface area contributed by atoms with Crippen molar-refractivity contribution in [2.75, 3.05) is 26.1 Å². The molecule has 6 heteroatoms. The van der Waals surface area contributed by atoms with Crippen LogP contribution < -0.4 is 14.8 Å². The van der Waals surface area contributed by atoms with Gasteiger partial charge in [-0.1, -0.05) is 19.9 Å². The molecule has 0 aliphatic carbocycles. The molecule has 0 atom stereocenters. The second-order valence-electron chi connectivity index (χ2n) is 5.56. The summed E-state index contributed by atoms with van der Waals surface area (Å²) in [5.41, 5.74) is 1.16. The van der Waals surface area contributed by atoms with E-state index in [9.17, 15) is 0 Å². The van der Waals surface area contributed by atoms with Crippen molar-refractivity contribution >= 4 is 18.0 Å². The van der Waals surface area contributed by atoms with Crippen LogP contribution in [0.4, 0.5) is 5.88 Å². The number of nitrogens with zero attached hydrogens (tertiary/aromatic N) is 2. The molecule has 0 amide bonds. The average molecular weight is 327 g/mol. The number of nitrogens with one attached hydrogen (secondary N) is 1. The standard InChI is InChI=1S/C18H21N3O3/c1-12(2)11-20-18-14(10-19)21-17(24-18)8-6-13-5-7-15(22-3)16(9-13)23-4/h5-9,12,20H,11H2,1-4H3. The number of ether oxygens (including phenoxy) is 2. The topological polar surface area (TPSA) is 80.3 Å². The van der Waals surface area contributed by atoms with E-state index >= 15 is 0 Å². The molecule has 2 rings (SSSR count). The van der Waals surface area contributed by atoms with Crippen LogP contribution in [0.25, 0.3) is 12.2 Å². The van der Waals surface area contributed by atoms with Crippen LogP contribution in [0.1, 0.15) is 31.0 Å². The van der Waals surface area contributed by atoms with Gasteiger partial charge in [0.2, 0.25) is 17.5 Å². The van der Waals surface area contributed by atoms with Gasteiger partial charge in [0.05, 0.1) is 14.2 Å². The number of methoxy groups -OCH3 is 2. The van der Waals surface area contributed by atoms with Crippen molar-refractivity contribution in [2.24, 2.45) is 5.92 Å². The first-order valence-electron chi connectivity index (χ1n) is 7.62.